The Morgan fingerprint density at radius 1 is 1.28 bits per heavy atom. The molecular weight excluding hydrogens is 358 g/mol. The predicted octanol–water partition coefficient (Wildman–Crippen LogP) is 4.35. The van der Waals surface area contributed by atoms with Gasteiger partial charge in [0.2, 0.25) is 0 Å². The highest BCUT2D eigenvalue weighted by Crippen LogP contribution is 2.32. The average molecular weight is 373 g/mol. The number of nitrogens with one attached hydrogen (secondary N) is 1. The molecule has 0 saturated carbocycles. The molecule has 18 heavy (non-hydrogen) atoms. The quantitative estimate of drug-likeness (QED) is 0.864. The summed E-state index contributed by atoms with van der Waals surface area (Å²) in [5.74, 6) is 0. The van der Waals surface area contributed by atoms with Crippen molar-refractivity contribution in [3.8, 4) is 0 Å². The van der Waals surface area contributed by atoms with E-state index in [4.69, 9.17) is 0 Å². The van der Waals surface area contributed by atoms with Crippen LogP contribution in [0, 0.1) is 6.92 Å². The summed E-state index contributed by atoms with van der Waals surface area (Å²) in [7, 11) is 0. The first-order valence-corrected chi connectivity index (χ1v) is 7.39. The zero-order valence-electron chi connectivity index (χ0n) is 10.4. The molecule has 0 aliphatic rings. The minimum Gasteiger partial charge on any atom is -0.378 e. The highest BCUT2D eigenvalue weighted by atomic mass is 79.9. The van der Waals surface area contributed by atoms with Crippen LogP contribution in [0.1, 0.15) is 18.2 Å². The van der Waals surface area contributed by atoms with E-state index in [1.807, 2.05) is 12.5 Å². The summed E-state index contributed by atoms with van der Waals surface area (Å²) in [6, 6.07) is 4.20. The van der Waals surface area contributed by atoms with Crippen molar-refractivity contribution in [3.05, 3.63) is 44.9 Å². The van der Waals surface area contributed by atoms with Crippen molar-refractivity contribution in [2.75, 3.05) is 5.32 Å². The first-order chi connectivity index (χ1) is 8.61. The van der Waals surface area contributed by atoms with Crippen molar-refractivity contribution in [2.45, 2.75) is 26.9 Å². The van der Waals surface area contributed by atoms with Crippen LogP contribution in [0.4, 0.5) is 5.69 Å². The Morgan fingerprint density at radius 2 is 1.94 bits per heavy atom. The topological polar surface area (TPSA) is 29.9 Å². The molecule has 2 rings (SSSR count). The molecule has 0 bridgehead atoms. The van der Waals surface area contributed by atoms with Crippen LogP contribution in [0.3, 0.4) is 0 Å². The van der Waals surface area contributed by atoms with E-state index >= 15 is 0 Å². The number of imidazole rings is 1. The van der Waals surface area contributed by atoms with Gasteiger partial charge in [-0.3, -0.25) is 0 Å². The van der Waals surface area contributed by atoms with Crippen LogP contribution in [-0.4, -0.2) is 9.55 Å². The van der Waals surface area contributed by atoms with Crippen LogP contribution in [-0.2, 0) is 13.1 Å². The molecule has 0 saturated heterocycles. The van der Waals surface area contributed by atoms with Gasteiger partial charge in [0.15, 0.2) is 0 Å². The number of aromatic nitrogens is 2. The second-order valence-corrected chi connectivity index (χ2v) is 5.84. The molecule has 0 fully saturated rings. The minimum absolute atomic E-state index is 0.758. The third-order valence-corrected chi connectivity index (χ3v) is 4.02. The van der Waals surface area contributed by atoms with Gasteiger partial charge in [0, 0.05) is 21.7 Å². The molecule has 0 amide bonds. The first-order valence-electron chi connectivity index (χ1n) is 5.80. The monoisotopic (exact) mass is 371 g/mol. The van der Waals surface area contributed by atoms with Gasteiger partial charge in [-0.1, -0.05) is 0 Å². The van der Waals surface area contributed by atoms with Gasteiger partial charge in [0.05, 0.1) is 24.3 Å². The van der Waals surface area contributed by atoms with Gasteiger partial charge >= 0.3 is 0 Å². The van der Waals surface area contributed by atoms with Crippen LogP contribution >= 0.6 is 31.9 Å². The number of rotatable bonds is 4. The lowest BCUT2D eigenvalue weighted by Crippen LogP contribution is -2.06. The van der Waals surface area contributed by atoms with E-state index in [0.717, 1.165) is 27.7 Å². The molecule has 0 aliphatic heterocycles. The average Bonchev–Trinajstić information content (AvgIpc) is 2.75. The highest BCUT2D eigenvalue weighted by Gasteiger charge is 2.07. The largest absolute Gasteiger partial charge is 0.378 e. The van der Waals surface area contributed by atoms with Gasteiger partial charge < -0.3 is 9.88 Å². The molecule has 96 valence electrons. The number of anilines is 1. The summed E-state index contributed by atoms with van der Waals surface area (Å²) >= 11 is 7.17. The van der Waals surface area contributed by atoms with Crippen molar-refractivity contribution in [1.82, 2.24) is 9.55 Å². The van der Waals surface area contributed by atoms with Gasteiger partial charge in [0.1, 0.15) is 0 Å². The third kappa shape index (κ3) is 2.95. The van der Waals surface area contributed by atoms with E-state index in [9.17, 15) is 0 Å². The molecule has 3 nitrogen and oxygen atoms in total. The van der Waals surface area contributed by atoms with E-state index in [-0.39, 0.29) is 0 Å². The van der Waals surface area contributed by atoms with Gasteiger partial charge in [-0.05, 0) is 63.4 Å². The fourth-order valence-electron chi connectivity index (χ4n) is 1.83. The van der Waals surface area contributed by atoms with Crippen molar-refractivity contribution in [1.29, 1.82) is 0 Å². The van der Waals surface area contributed by atoms with E-state index in [1.165, 1.54) is 11.3 Å². The maximum Gasteiger partial charge on any atom is 0.0948 e. The normalized spacial score (nSPS) is 10.7. The number of hydrogen-bond acceptors (Lipinski definition) is 2. The summed E-state index contributed by atoms with van der Waals surface area (Å²) < 4.78 is 4.26. The van der Waals surface area contributed by atoms with Crippen molar-refractivity contribution in [3.63, 3.8) is 0 Å². The van der Waals surface area contributed by atoms with E-state index in [1.54, 1.807) is 0 Å². The van der Waals surface area contributed by atoms with Crippen LogP contribution in [0.15, 0.2) is 33.6 Å². The maximum absolute atomic E-state index is 4.16. The van der Waals surface area contributed by atoms with Gasteiger partial charge in [-0.25, -0.2) is 4.98 Å². The van der Waals surface area contributed by atoms with Gasteiger partial charge in [-0.15, -0.1) is 0 Å². The molecule has 0 atom stereocenters. The second kappa shape index (κ2) is 5.89. The summed E-state index contributed by atoms with van der Waals surface area (Å²) in [6.45, 7) is 5.88. The Hall–Kier alpha value is -0.810. The van der Waals surface area contributed by atoms with Crippen LogP contribution in [0.25, 0.3) is 0 Å². The molecule has 0 aliphatic carbocycles. The summed E-state index contributed by atoms with van der Waals surface area (Å²) in [5, 5.41) is 3.43. The third-order valence-electron chi connectivity index (χ3n) is 2.77. The van der Waals surface area contributed by atoms with Gasteiger partial charge in [0.25, 0.3) is 0 Å². The molecule has 5 heteroatoms. The molecule has 1 aromatic heterocycles. The zero-order chi connectivity index (χ0) is 13.1. The Kier molecular flexibility index (Phi) is 4.45. The van der Waals surface area contributed by atoms with Crippen LogP contribution in [0.2, 0.25) is 0 Å². The molecule has 0 spiro atoms. The van der Waals surface area contributed by atoms with Crippen molar-refractivity contribution in [2.24, 2.45) is 0 Å². The predicted molar refractivity (Wildman–Crippen MR) is 81.8 cm³/mol. The second-order valence-electron chi connectivity index (χ2n) is 4.13. The molecular formula is C13H15Br2N3. The SMILES string of the molecule is CCn1cncc1CNc1c(Br)cc(C)cc1Br. The smallest absolute Gasteiger partial charge is 0.0948 e. The fourth-order valence-corrected chi connectivity index (χ4v) is 3.52. The standard InChI is InChI=1S/C13H15Br2N3/c1-3-18-8-16-6-10(18)7-17-13-11(14)4-9(2)5-12(13)15/h4-6,8,17H,3,7H2,1-2H3. The van der Waals surface area contributed by atoms with Crippen molar-refractivity contribution < 1.29 is 0 Å². The highest BCUT2D eigenvalue weighted by molar-refractivity contribution is 9.11. The first kappa shape index (κ1) is 13.6. The summed E-state index contributed by atoms with van der Waals surface area (Å²) in [4.78, 5) is 4.16. The number of nitrogens with zero attached hydrogens (tertiary/aromatic N) is 2. The Balaban J connectivity index is 2.16. The number of benzene rings is 1. The summed E-state index contributed by atoms with van der Waals surface area (Å²) in [5.41, 5.74) is 3.47. The van der Waals surface area contributed by atoms with Crippen molar-refractivity contribution >= 4 is 37.5 Å². The molecule has 0 radical (unpaired) electrons. The Morgan fingerprint density at radius 3 is 2.56 bits per heavy atom. The minimum atomic E-state index is 0.758. The molecule has 1 N–H and O–H groups in total. The summed E-state index contributed by atoms with van der Waals surface area (Å²) in [6.07, 6.45) is 3.75. The van der Waals surface area contributed by atoms with Crippen LogP contribution in [0.5, 0.6) is 0 Å². The zero-order valence-corrected chi connectivity index (χ0v) is 13.5. The molecule has 1 aromatic carbocycles. The lowest BCUT2D eigenvalue weighted by atomic mass is 10.2. The lowest BCUT2D eigenvalue weighted by molar-refractivity contribution is 0.719. The van der Waals surface area contributed by atoms with E-state index in [2.05, 4.69) is 72.7 Å². The number of halogens is 2. The fraction of sp³-hybridized carbons (Fsp3) is 0.308. The van der Waals surface area contributed by atoms with E-state index in [0.29, 0.717) is 0 Å². The Bertz CT molecular complexity index is 526. The van der Waals surface area contributed by atoms with Crippen LogP contribution < -0.4 is 5.32 Å². The molecule has 1 heterocycles. The molecule has 2 aromatic rings. The Labute approximate surface area is 124 Å². The van der Waals surface area contributed by atoms with Gasteiger partial charge in [-0.2, -0.15) is 0 Å². The number of aryl methyl sites for hydroxylation is 2. The lowest BCUT2D eigenvalue weighted by Gasteiger charge is -2.12. The number of hydrogen-bond donors (Lipinski definition) is 1. The maximum atomic E-state index is 4.16. The molecule has 0 unspecified atom stereocenters. The van der Waals surface area contributed by atoms with E-state index < -0.39 is 0 Å².